The Hall–Kier alpha value is -0.590. The number of benzene rings is 1. The Labute approximate surface area is 123 Å². The van der Waals surface area contributed by atoms with Crippen molar-refractivity contribution in [2.75, 3.05) is 12.9 Å². The maximum Gasteiger partial charge on any atom is 0.151 e. The Bertz CT molecular complexity index is 531. The van der Waals surface area contributed by atoms with Gasteiger partial charge in [-0.1, -0.05) is 13.0 Å². The highest BCUT2D eigenvalue weighted by atomic mass is 79.9. The van der Waals surface area contributed by atoms with E-state index in [4.69, 9.17) is 10.5 Å². The summed E-state index contributed by atoms with van der Waals surface area (Å²) in [7, 11) is -3.16. The maximum absolute atomic E-state index is 11.5. The highest BCUT2D eigenvalue weighted by Crippen LogP contribution is 2.29. The van der Waals surface area contributed by atoms with Crippen molar-refractivity contribution in [3.8, 4) is 5.75 Å². The summed E-state index contributed by atoms with van der Waals surface area (Å²) in [5.41, 5.74) is 6.77. The maximum atomic E-state index is 11.5. The molecule has 0 saturated carbocycles. The summed E-state index contributed by atoms with van der Waals surface area (Å²) in [6.07, 6.45) is 2.13. The van der Waals surface area contributed by atoms with Crippen LogP contribution in [0.1, 0.15) is 31.9 Å². The van der Waals surface area contributed by atoms with E-state index in [1.807, 2.05) is 25.1 Å². The van der Waals surface area contributed by atoms with Gasteiger partial charge >= 0.3 is 0 Å². The highest BCUT2D eigenvalue weighted by Gasteiger charge is 2.24. The lowest BCUT2D eigenvalue weighted by Gasteiger charge is -2.19. The van der Waals surface area contributed by atoms with Crippen LogP contribution in [-0.2, 0) is 9.84 Å². The molecular formula is C13H20BrNO3S. The van der Waals surface area contributed by atoms with Crippen molar-refractivity contribution in [1.29, 1.82) is 0 Å². The Morgan fingerprint density at radius 3 is 2.53 bits per heavy atom. The first-order chi connectivity index (χ1) is 8.77. The van der Waals surface area contributed by atoms with Crippen LogP contribution in [0.3, 0.4) is 0 Å². The smallest absolute Gasteiger partial charge is 0.151 e. The average Bonchev–Trinajstić information content (AvgIpc) is 2.34. The zero-order valence-corrected chi connectivity index (χ0v) is 13.8. The minimum Gasteiger partial charge on any atom is -0.492 e. The van der Waals surface area contributed by atoms with Crippen molar-refractivity contribution in [1.82, 2.24) is 0 Å². The molecule has 0 spiro atoms. The number of ether oxygens (including phenoxy) is 1. The third-order valence-corrected chi connectivity index (χ3v) is 5.25. The van der Waals surface area contributed by atoms with Gasteiger partial charge in [0, 0.05) is 12.3 Å². The lowest BCUT2D eigenvalue weighted by molar-refractivity contribution is 0.315. The molecule has 0 bridgehead atoms. The van der Waals surface area contributed by atoms with E-state index in [9.17, 15) is 8.42 Å². The fourth-order valence-electron chi connectivity index (χ4n) is 1.59. The SMILES string of the molecule is CCCOc1ccc(C(N)C(C)S(C)(=O)=O)cc1Br. The Kier molecular flexibility index (Phi) is 5.82. The van der Waals surface area contributed by atoms with Gasteiger partial charge in [-0.05, 0) is 47.0 Å². The van der Waals surface area contributed by atoms with Crippen LogP contribution in [-0.4, -0.2) is 26.5 Å². The van der Waals surface area contributed by atoms with Gasteiger partial charge in [0.25, 0.3) is 0 Å². The molecule has 0 aliphatic carbocycles. The first kappa shape index (κ1) is 16.5. The highest BCUT2D eigenvalue weighted by molar-refractivity contribution is 9.10. The third-order valence-electron chi connectivity index (χ3n) is 2.98. The molecule has 2 unspecified atom stereocenters. The van der Waals surface area contributed by atoms with E-state index in [0.29, 0.717) is 6.61 Å². The first-order valence-electron chi connectivity index (χ1n) is 6.14. The molecule has 108 valence electrons. The van der Waals surface area contributed by atoms with Gasteiger partial charge in [-0.25, -0.2) is 8.42 Å². The van der Waals surface area contributed by atoms with Crippen LogP contribution in [0.15, 0.2) is 22.7 Å². The monoisotopic (exact) mass is 349 g/mol. The van der Waals surface area contributed by atoms with Crippen LogP contribution in [0.25, 0.3) is 0 Å². The second-order valence-electron chi connectivity index (χ2n) is 4.60. The molecule has 0 heterocycles. The van der Waals surface area contributed by atoms with E-state index in [2.05, 4.69) is 15.9 Å². The number of hydrogen-bond acceptors (Lipinski definition) is 4. The number of halogens is 1. The molecule has 0 aliphatic heterocycles. The van der Waals surface area contributed by atoms with Crippen molar-refractivity contribution < 1.29 is 13.2 Å². The molecule has 0 fully saturated rings. The number of hydrogen-bond donors (Lipinski definition) is 1. The summed E-state index contributed by atoms with van der Waals surface area (Å²) in [6, 6.07) is 4.88. The predicted octanol–water partition coefficient (Wildman–Crippen LogP) is 2.67. The molecule has 2 N–H and O–H groups in total. The summed E-state index contributed by atoms with van der Waals surface area (Å²) in [5, 5.41) is -0.623. The number of rotatable bonds is 6. The molecule has 0 amide bonds. The molecule has 0 aromatic heterocycles. The van der Waals surface area contributed by atoms with E-state index < -0.39 is 21.1 Å². The molecular weight excluding hydrogens is 330 g/mol. The largest absolute Gasteiger partial charge is 0.492 e. The van der Waals surface area contributed by atoms with Gasteiger partial charge in [0.15, 0.2) is 9.84 Å². The molecule has 6 heteroatoms. The molecule has 1 aromatic rings. The van der Waals surface area contributed by atoms with E-state index in [1.165, 1.54) is 6.26 Å². The van der Waals surface area contributed by atoms with Gasteiger partial charge in [0.2, 0.25) is 0 Å². The van der Waals surface area contributed by atoms with Crippen LogP contribution in [0.2, 0.25) is 0 Å². The van der Waals surface area contributed by atoms with Gasteiger partial charge < -0.3 is 10.5 Å². The summed E-state index contributed by atoms with van der Waals surface area (Å²) >= 11 is 3.42. The summed E-state index contributed by atoms with van der Waals surface area (Å²) in [5.74, 6) is 0.741. The van der Waals surface area contributed by atoms with Crippen molar-refractivity contribution in [3.05, 3.63) is 28.2 Å². The van der Waals surface area contributed by atoms with Crippen LogP contribution in [0.4, 0.5) is 0 Å². The molecule has 1 rings (SSSR count). The summed E-state index contributed by atoms with van der Waals surface area (Å²) < 4.78 is 29.4. The fraction of sp³-hybridized carbons (Fsp3) is 0.538. The van der Waals surface area contributed by atoms with Gasteiger partial charge in [-0.3, -0.25) is 0 Å². The van der Waals surface area contributed by atoms with E-state index in [-0.39, 0.29) is 0 Å². The Morgan fingerprint density at radius 1 is 1.42 bits per heavy atom. The van der Waals surface area contributed by atoms with Crippen molar-refractivity contribution >= 4 is 25.8 Å². The quantitative estimate of drug-likeness (QED) is 0.856. The molecule has 2 atom stereocenters. The summed E-state index contributed by atoms with van der Waals surface area (Å²) in [4.78, 5) is 0. The normalized spacial score (nSPS) is 15.0. The van der Waals surface area contributed by atoms with Crippen LogP contribution < -0.4 is 10.5 Å². The zero-order chi connectivity index (χ0) is 14.6. The van der Waals surface area contributed by atoms with Gasteiger partial charge in [-0.2, -0.15) is 0 Å². The minimum absolute atomic E-state index is 0.550. The number of nitrogens with two attached hydrogens (primary N) is 1. The lowest BCUT2D eigenvalue weighted by Crippen LogP contribution is -2.30. The van der Waals surface area contributed by atoms with Crippen LogP contribution in [0.5, 0.6) is 5.75 Å². The first-order valence-corrected chi connectivity index (χ1v) is 8.88. The predicted molar refractivity (Wildman–Crippen MR) is 81.2 cm³/mol. The topological polar surface area (TPSA) is 69.4 Å². The van der Waals surface area contributed by atoms with Crippen molar-refractivity contribution in [2.24, 2.45) is 5.73 Å². The van der Waals surface area contributed by atoms with E-state index in [0.717, 1.165) is 22.2 Å². The molecule has 0 saturated heterocycles. The van der Waals surface area contributed by atoms with E-state index in [1.54, 1.807) is 6.92 Å². The van der Waals surface area contributed by atoms with Crippen LogP contribution in [0, 0.1) is 0 Å². The molecule has 1 aromatic carbocycles. The number of sulfone groups is 1. The summed E-state index contributed by atoms with van der Waals surface area (Å²) in [6.45, 7) is 4.30. The second kappa shape index (κ2) is 6.72. The molecule has 19 heavy (non-hydrogen) atoms. The Balaban J connectivity index is 2.94. The molecule has 0 aliphatic rings. The third kappa shape index (κ3) is 4.47. The van der Waals surface area contributed by atoms with E-state index >= 15 is 0 Å². The second-order valence-corrected chi connectivity index (χ2v) is 7.86. The van der Waals surface area contributed by atoms with Gasteiger partial charge in [0.05, 0.1) is 16.3 Å². The standard InChI is InChI=1S/C13H20BrNO3S/c1-4-7-18-12-6-5-10(8-11(12)14)13(15)9(2)19(3,16)17/h5-6,8-9,13H,4,7,15H2,1-3H3. The van der Waals surface area contributed by atoms with Gasteiger partial charge in [0.1, 0.15) is 5.75 Å². The lowest BCUT2D eigenvalue weighted by atomic mass is 10.1. The fourth-order valence-corrected chi connectivity index (χ4v) is 2.79. The van der Waals surface area contributed by atoms with Gasteiger partial charge in [-0.15, -0.1) is 0 Å². The van der Waals surface area contributed by atoms with Crippen molar-refractivity contribution in [3.63, 3.8) is 0 Å². The zero-order valence-electron chi connectivity index (χ0n) is 11.4. The van der Waals surface area contributed by atoms with Crippen molar-refractivity contribution in [2.45, 2.75) is 31.6 Å². The minimum atomic E-state index is -3.16. The Morgan fingerprint density at radius 2 is 2.05 bits per heavy atom. The average molecular weight is 350 g/mol. The molecule has 0 radical (unpaired) electrons. The molecule has 4 nitrogen and oxygen atoms in total. The van der Waals surface area contributed by atoms with Crippen LogP contribution >= 0.6 is 15.9 Å².